The van der Waals surface area contributed by atoms with Gasteiger partial charge in [0.25, 0.3) is 0 Å². The van der Waals surface area contributed by atoms with Crippen LogP contribution in [0.2, 0.25) is 0 Å². The molecule has 1 heterocycles. The molecule has 0 aliphatic carbocycles. The van der Waals surface area contributed by atoms with Gasteiger partial charge in [0.1, 0.15) is 0 Å². The van der Waals surface area contributed by atoms with Crippen LogP contribution in [0, 0.1) is 16.0 Å². The average molecular weight is 280 g/mol. The quantitative estimate of drug-likeness (QED) is 0.588. The van der Waals surface area contributed by atoms with Crippen LogP contribution in [-0.2, 0) is 0 Å². The summed E-state index contributed by atoms with van der Waals surface area (Å²) < 4.78 is 4.59. The van der Waals surface area contributed by atoms with E-state index in [1.54, 1.807) is 6.07 Å². The molecule has 8 heteroatoms. The van der Waals surface area contributed by atoms with Gasteiger partial charge in [-0.3, -0.25) is 10.1 Å². The molecule has 2 aromatic rings. The summed E-state index contributed by atoms with van der Waals surface area (Å²) in [5.74, 6) is 0.324. The van der Waals surface area contributed by atoms with E-state index < -0.39 is 4.92 Å². The first-order chi connectivity index (χ1) is 9.67. The van der Waals surface area contributed by atoms with Gasteiger partial charge in [-0.1, -0.05) is 13.3 Å². The smallest absolute Gasteiger partial charge is 0.300 e. The molecule has 1 atom stereocenters. The van der Waals surface area contributed by atoms with Crippen LogP contribution in [0.1, 0.15) is 19.8 Å². The lowest BCUT2D eigenvalue weighted by atomic mass is 10.0. The van der Waals surface area contributed by atoms with Crippen LogP contribution in [0.4, 0.5) is 11.4 Å². The van der Waals surface area contributed by atoms with Gasteiger partial charge in [0.2, 0.25) is 5.52 Å². The van der Waals surface area contributed by atoms with Crippen LogP contribution in [0.15, 0.2) is 16.8 Å². The van der Waals surface area contributed by atoms with E-state index in [2.05, 4.69) is 20.3 Å². The summed E-state index contributed by atoms with van der Waals surface area (Å²) >= 11 is 0. The van der Waals surface area contributed by atoms with Gasteiger partial charge in [-0.15, -0.1) is 0 Å². The summed E-state index contributed by atoms with van der Waals surface area (Å²) in [5.41, 5.74) is 0.991. The molecule has 0 saturated heterocycles. The van der Waals surface area contributed by atoms with Gasteiger partial charge >= 0.3 is 5.69 Å². The second-order valence-corrected chi connectivity index (χ2v) is 4.52. The summed E-state index contributed by atoms with van der Waals surface area (Å²) in [7, 11) is 0. The zero-order valence-electron chi connectivity index (χ0n) is 11.1. The molecule has 0 aliphatic heterocycles. The normalized spacial score (nSPS) is 12.5. The number of aliphatic hydroxyl groups is 1. The summed E-state index contributed by atoms with van der Waals surface area (Å²) in [6.45, 7) is 2.84. The van der Waals surface area contributed by atoms with Crippen molar-refractivity contribution in [3.8, 4) is 0 Å². The summed E-state index contributed by atoms with van der Waals surface area (Å²) in [5, 5.41) is 30.3. The zero-order valence-corrected chi connectivity index (χ0v) is 11.1. The molecule has 0 bridgehead atoms. The third kappa shape index (κ3) is 2.85. The van der Waals surface area contributed by atoms with E-state index in [-0.39, 0.29) is 17.8 Å². The number of rotatable bonds is 7. The highest BCUT2D eigenvalue weighted by atomic mass is 16.6. The fraction of sp³-hybridized carbons (Fsp3) is 0.500. The van der Waals surface area contributed by atoms with E-state index in [0.717, 1.165) is 6.42 Å². The molecule has 20 heavy (non-hydrogen) atoms. The molecule has 0 aliphatic rings. The van der Waals surface area contributed by atoms with Crippen LogP contribution in [0.25, 0.3) is 11.0 Å². The highest BCUT2D eigenvalue weighted by molar-refractivity contribution is 5.93. The van der Waals surface area contributed by atoms with E-state index in [9.17, 15) is 10.1 Å². The molecular weight excluding hydrogens is 264 g/mol. The number of non-ortho nitro benzene ring substituents is 1. The maximum absolute atomic E-state index is 10.9. The molecule has 108 valence electrons. The van der Waals surface area contributed by atoms with E-state index in [1.807, 2.05) is 6.92 Å². The number of aliphatic hydroxyl groups excluding tert-OH is 1. The Bertz CT molecular complexity index is 598. The molecule has 1 aromatic heterocycles. The van der Waals surface area contributed by atoms with Crippen LogP contribution in [-0.4, -0.2) is 33.5 Å². The Morgan fingerprint density at radius 1 is 1.45 bits per heavy atom. The number of nitro groups is 1. The second-order valence-electron chi connectivity index (χ2n) is 4.52. The minimum absolute atomic E-state index is 0.130. The lowest BCUT2D eigenvalue weighted by Crippen LogP contribution is -2.15. The summed E-state index contributed by atoms with van der Waals surface area (Å²) in [4.78, 5) is 10.4. The Labute approximate surface area is 114 Å². The molecular formula is C12H16N4O4. The van der Waals surface area contributed by atoms with Crippen molar-refractivity contribution >= 4 is 22.4 Å². The molecule has 0 saturated carbocycles. The first kappa shape index (κ1) is 14.2. The minimum atomic E-state index is -0.517. The lowest BCUT2D eigenvalue weighted by Gasteiger charge is -2.15. The number of nitro benzene ring substituents is 1. The fourth-order valence-corrected chi connectivity index (χ4v) is 2.03. The third-order valence-corrected chi connectivity index (χ3v) is 3.29. The Morgan fingerprint density at radius 3 is 2.85 bits per heavy atom. The Morgan fingerprint density at radius 2 is 2.20 bits per heavy atom. The molecule has 0 fully saturated rings. The van der Waals surface area contributed by atoms with Gasteiger partial charge in [-0.05, 0) is 28.7 Å². The largest absolute Gasteiger partial charge is 0.396 e. The van der Waals surface area contributed by atoms with Crippen molar-refractivity contribution in [2.75, 3.05) is 18.5 Å². The number of anilines is 1. The van der Waals surface area contributed by atoms with Crippen molar-refractivity contribution in [3.63, 3.8) is 0 Å². The van der Waals surface area contributed by atoms with Crippen LogP contribution < -0.4 is 5.32 Å². The van der Waals surface area contributed by atoms with Crippen molar-refractivity contribution in [2.24, 2.45) is 5.92 Å². The Balaban J connectivity index is 2.21. The second kappa shape index (κ2) is 6.29. The number of benzene rings is 1. The molecule has 1 aromatic carbocycles. The topological polar surface area (TPSA) is 114 Å². The third-order valence-electron chi connectivity index (χ3n) is 3.29. The van der Waals surface area contributed by atoms with Gasteiger partial charge in [0.05, 0.1) is 10.6 Å². The van der Waals surface area contributed by atoms with Crippen molar-refractivity contribution in [2.45, 2.75) is 19.8 Å². The molecule has 2 rings (SSSR count). The number of hydrogen-bond acceptors (Lipinski definition) is 7. The molecule has 8 nitrogen and oxygen atoms in total. The van der Waals surface area contributed by atoms with Crippen molar-refractivity contribution < 1.29 is 14.7 Å². The monoisotopic (exact) mass is 280 g/mol. The van der Waals surface area contributed by atoms with Gasteiger partial charge in [0.15, 0.2) is 5.52 Å². The highest BCUT2D eigenvalue weighted by Gasteiger charge is 2.19. The Hall–Kier alpha value is -2.22. The minimum Gasteiger partial charge on any atom is -0.396 e. The predicted molar refractivity (Wildman–Crippen MR) is 72.4 cm³/mol. The molecule has 0 spiro atoms. The van der Waals surface area contributed by atoms with Gasteiger partial charge < -0.3 is 10.4 Å². The standard InChI is InChI=1S/C12H16N4O4/c1-2-8(5-6-17)7-13-9-3-4-10(16(18)19)12-11(9)14-20-15-12/h3-4,8,13,17H,2,5-7H2,1H3. The van der Waals surface area contributed by atoms with E-state index in [1.165, 1.54) is 6.07 Å². The summed E-state index contributed by atoms with van der Waals surface area (Å²) in [6, 6.07) is 2.97. The molecule has 0 radical (unpaired) electrons. The van der Waals surface area contributed by atoms with Crippen LogP contribution in [0.3, 0.4) is 0 Å². The number of nitrogens with one attached hydrogen (secondary N) is 1. The molecule has 1 unspecified atom stereocenters. The predicted octanol–water partition coefficient (Wildman–Crippen LogP) is 1.95. The van der Waals surface area contributed by atoms with Crippen molar-refractivity contribution in [1.29, 1.82) is 0 Å². The van der Waals surface area contributed by atoms with Gasteiger partial charge in [0, 0.05) is 19.2 Å². The molecule has 2 N–H and O–H groups in total. The van der Waals surface area contributed by atoms with Gasteiger partial charge in [-0.25, -0.2) is 4.63 Å². The zero-order chi connectivity index (χ0) is 14.5. The average Bonchev–Trinajstić information content (AvgIpc) is 2.92. The Kier molecular flexibility index (Phi) is 4.46. The van der Waals surface area contributed by atoms with E-state index in [0.29, 0.717) is 30.1 Å². The van der Waals surface area contributed by atoms with Crippen molar-refractivity contribution in [3.05, 3.63) is 22.2 Å². The van der Waals surface area contributed by atoms with E-state index in [4.69, 9.17) is 5.11 Å². The SMILES string of the molecule is CCC(CCO)CNc1ccc([N+](=O)[O-])c2nonc12. The number of nitrogens with zero attached hydrogens (tertiary/aromatic N) is 3. The van der Waals surface area contributed by atoms with Crippen molar-refractivity contribution in [1.82, 2.24) is 10.3 Å². The first-order valence-corrected chi connectivity index (χ1v) is 6.41. The maximum atomic E-state index is 10.9. The van der Waals surface area contributed by atoms with Crippen LogP contribution >= 0.6 is 0 Å². The number of fused-ring (bicyclic) bond motifs is 1. The summed E-state index contributed by atoms with van der Waals surface area (Å²) in [6.07, 6.45) is 1.64. The fourth-order valence-electron chi connectivity index (χ4n) is 2.03. The molecule has 0 amide bonds. The first-order valence-electron chi connectivity index (χ1n) is 6.41. The maximum Gasteiger partial charge on any atom is 0.300 e. The highest BCUT2D eigenvalue weighted by Crippen LogP contribution is 2.28. The van der Waals surface area contributed by atoms with Gasteiger partial charge in [-0.2, -0.15) is 0 Å². The van der Waals surface area contributed by atoms with Crippen LogP contribution in [0.5, 0.6) is 0 Å². The van der Waals surface area contributed by atoms with E-state index >= 15 is 0 Å². The number of aromatic nitrogens is 2. The lowest BCUT2D eigenvalue weighted by molar-refractivity contribution is -0.383. The number of hydrogen-bond donors (Lipinski definition) is 2.